The number of nitrogens with one attached hydrogen (secondary N) is 1. The van der Waals surface area contributed by atoms with Crippen LogP contribution in [0.25, 0.3) is 0 Å². The van der Waals surface area contributed by atoms with Gasteiger partial charge < -0.3 is 11.1 Å². The highest BCUT2D eigenvalue weighted by molar-refractivity contribution is 7.80. The van der Waals surface area contributed by atoms with E-state index < -0.39 is 5.82 Å². The molecule has 0 saturated carbocycles. The minimum atomic E-state index is -0.417. The van der Waals surface area contributed by atoms with Crippen molar-refractivity contribution in [2.45, 2.75) is 0 Å². The summed E-state index contributed by atoms with van der Waals surface area (Å²) in [7, 11) is 0. The average Bonchev–Trinajstić information content (AvgIpc) is 2.33. The van der Waals surface area contributed by atoms with Gasteiger partial charge in [0.05, 0.1) is 10.7 Å². The molecule has 7 heteroatoms. The summed E-state index contributed by atoms with van der Waals surface area (Å²) in [4.78, 5) is 8.19. The number of halogens is 2. The normalized spacial score (nSPS) is 10.1. The lowest BCUT2D eigenvalue weighted by molar-refractivity contribution is 0.628. The van der Waals surface area contributed by atoms with Crippen LogP contribution in [0.1, 0.15) is 5.69 Å². The van der Waals surface area contributed by atoms with E-state index in [9.17, 15) is 4.39 Å². The molecule has 0 saturated heterocycles. The zero-order valence-electron chi connectivity index (χ0n) is 9.02. The standard InChI is InChI=1S/C11H8ClFN4S/c12-7-5-6(13)1-2-8(7)17-11-9(10(14)18)15-3-4-16-11/h1-5H,(H2,14,18)(H,16,17). The van der Waals surface area contributed by atoms with Gasteiger partial charge >= 0.3 is 0 Å². The van der Waals surface area contributed by atoms with E-state index in [0.29, 0.717) is 17.2 Å². The maximum Gasteiger partial charge on any atom is 0.159 e. The van der Waals surface area contributed by atoms with E-state index in [2.05, 4.69) is 15.3 Å². The summed E-state index contributed by atoms with van der Waals surface area (Å²) < 4.78 is 12.9. The molecule has 4 nitrogen and oxygen atoms in total. The SMILES string of the molecule is NC(=S)c1nccnc1Nc1ccc(F)cc1Cl. The molecule has 1 aromatic carbocycles. The fraction of sp³-hybridized carbons (Fsp3) is 0. The first-order chi connectivity index (χ1) is 8.58. The molecule has 0 radical (unpaired) electrons. The van der Waals surface area contributed by atoms with Gasteiger partial charge in [-0.1, -0.05) is 23.8 Å². The maximum atomic E-state index is 12.9. The second kappa shape index (κ2) is 5.24. The molecule has 0 aliphatic carbocycles. The van der Waals surface area contributed by atoms with Crippen molar-refractivity contribution in [2.75, 3.05) is 5.32 Å². The van der Waals surface area contributed by atoms with E-state index in [-0.39, 0.29) is 10.0 Å². The molecule has 92 valence electrons. The zero-order valence-corrected chi connectivity index (χ0v) is 10.6. The van der Waals surface area contributed by atoms with Crippen molar-refractivity contribution in [3.63, 3.8) is 0 Å². The fourth-order valence-corrected chi connectivity index (χ4v) is 1.69. The van der Waals surface area contributed by atoms with E-state index in [1.54, 1.807) is 0 Å². The Bertz CT molecular complexity index is 605. The Hall–Kier alpha value is -1.79. The summed E-state index contributed by atoms with van der Waals surface area (Å²) in [6.07, 6.45) is 2.97. The van der Waals surface area contributed by atoms with E-state index in [1.807, 2.05) is 0 Å². The smallest absolute Gasteiger partial charge is 0.159 e. The molecule has 0 amide bonds. The minimum absolute atomic E-state index is 0.115. The minimum Gasteiger partial charge on any atom is -0.388 e. The second-order valence-electron chi connectivity index (χ2n) is 3.37. The second-order valence-corrected chi connectivity index (χ2v) is 4.21. The van der Waals surface area contributed by atoms with Crippen molar-refractivity contribution >= 4 is 40.3 Å². The lowest BCUT2D eigenvalue weighted by Gasteiger charge is -2.10. The quantitative estimate of drug-likeness (QED) is 0.848. The Morgan fingerprint density at radius 1 is 1.33 bits per heavy atom. The largest absolute Gasteiger partial charge is 0.388 e. The highest BCUT2D eigenvalue weighted by Gasteiger charge is 2.10. The van der Waals surface area contributed by atoms with Crippen molar-refractivity contribution in [2.24, 2.45) is 5.73 Å². The Balaban J connectivity index is 2.37. The molecule has 3 N–H and O–H groups in total. The van der Waals surface area contributed by atoms with Crippen LogP contribution in [0, 0.1) is 5.82 Å². The predicted octanol–water partition coefficient (Wildman–Crippen LogP) is 2.65. The lowest BCUT2D eigenvalue weighted by Crippen LogP contribution is -2.15. The molecule has 1 heterocycles. The average molecular weight is 283 g/mol. The molecule has 0 aliphatic rings. The Labute approximate surface area is 113 Å². The molecule has 1 aromatic heterocycles. The van der Waals surface area contributed by atoms with Gasteiger partial charge in [0.25, 0.3) is 0 Å². The van der Waals surface area contributed by atoms with Gasteiger partial charge in [-0.15, -0.1) is 0 Å². The first-order valence-corrected chi connectivity index (χ1v) is 5.69. The molecule has 0 unspecified atom stereocenters. The van der Waals surface area contributed by atoms with Crippen LogP contribution in [-0.2, 0) is 0 Å². The number of nitrogens with zero attached hydrogens (tertiary/aromatic N) is 2. The number of thiocarbonyl (C=S) groups is 1. The van der Waals surface area contributed by atoms with Gasteiger partial charge in [-0.05, 0) is 18.2 Å². The van der Waals surface area contributed by atoms with Crippen LogP contribution in [0.4, 0.5) is 15.9 Å². The molecule has 0 spiro atoms. The molecule has 0 fully saturated rings. The Morgan fingerprint density at radius 3 is 2.72 bits per heavy atom. The number of nitrogens with two attached hydrogens (primary N) is 1. The van der Waals surface area contributed by atoms with Crippen molar-refractivity contribution in [3.05, 3.63) is 47.1 Å². The topological polar surface area (TPSA) is 63.8 Å². The van der Waals surface area contributed by atoms with E-state index >= 15 is 0 Å². The van der Waals surface area contributed by atoms with Crippen molar-refractivity contribution < 1.29 is 4.39 Å². The van der Waals surface area contributed by atoms with Crippen LogP contribution < -0.4 is 11.1 Å². The Kier molecular flexibility index (Phi) is 3.69. The summed E-state index contributed by atoms with van der Waals surface area (Å²) in [6, 6.07) is 3.97. The highest BCUT2D eigenvalue weighted by Crippen LogP contribution is 2.26. The van der Waals surface area contributed by atoms with E-state index in [0.717, 1.165) is 0 Å². The van der Waals surface area contributed by atoms with Crippen molar-refractivity contribution in [1.82, 2.24) is 9.97 Å². The maximum absolute atomic E-state index is 12.9. The molecular weight excluding hydrogens is 275 g/mol. The third-order valence-electron chi connectivity index (χ3n) is 2.12. The Morgan fingerprint density at radius 2 is 2.06 bits per heavy atom. The lowest BCUT2D eigenvalue weighted by atomic mass is 10.3. The molecule has 2 rings (SSSR count). The summed E-state index contributed by atoms with van der Waals surface area (Å²) in [6.45, 7) is 0. The molecule has 0 aliphatic heterocycles. The first kappa shape index (κ1) is 12.7. The molecule has 18 heavy (non-hydrogen) atoms. The number of benzene rings is 1. The summed E-state index contributed by atoms with van der Waals surface area (Å²) in [5.74, 6) is -0.0437. The zero-order chi connectivity index (χ0) is 13.1. The number of aromatic nitrogens is 2. The number of hydrogen-bond donors (Lipinski definition) is 2. The van der Waals surface area contributed by atoms with Crippen molar-refractivity contribution in [1.29, 1.82) is 0 Å². The molecule has 0 atom stereocenters. The summed E-state index contributed by atoms with van der Waals surface area (Å²) >= 11 is 10.8. The number of rotatable bonds is 3. The number of anilines is 2. The summed E-state index contributed by atoms with van der Waals surface area (Å²) in [5.41, 5.74) is 6.38. The van der Waals surface area contributed by atoms with Crippen molar-refractivity contribution in [3.8, 4) is 0 Å². The van der Waals surface area contributed by atoms with Gasteiger partial charge in [0.2, 0.25) is 0 Å². The van der Waals surface area contributed by atoms with Crippen LogP contribution in [0.5, 0.6) is 0 Å². The summed E-state index contributed by atoms with van der Waals surface area (Å²) in [5, 5.41) is 3.14. The third-order valence-corrected chi connectivity index (χ3v) is 2.62. The van der Waals surface area contributed by atoms with Crippen LogP contribution >= 0.6 is 23.8 Å². The van der Waals surface area contributed by atoms with Gasteiger partial charge in [0, 0.05) is 12.4 Å². The third kappa shape index (κ3) is 2.72. The molecular formula is C11H8ClFN4S. The van der Waals surface area contributed by atoms with Gasteiger partial charge in [0.1, 0.15) is 16.5 Å². The molecule has 2 aromatic rings. The van der Waals surface area contributed by atoms with E-state index in [1.165, 1.54) is 30.6 Å². The van der Waals surface area contributed by atoms with Gasteiger partial charge in [0.15, 0.2) is 5.82 Å². The van der Waals surface area contributed by atoms with Gasteiger partial charge in [-0.2, -0.15) is 0 Å². The van der Waals surface area contributed by atoms with Gasteiger partial charge in [-0.25, -0.2) is 14.4 Å². The predicted molar refractivity (Wildman–Crippen MR) is 72.6 cm³/mol. The fourth-order valence-electron chi connectivity index (χ4n) is 1.33. The first-order valence-electron chi connectivity index (χ1n) is 4.91. The van der Waals surface area contributed by atoms with E-state index in [4.69, 9.17) is 29.6 Å². The monoisotopic (exact) mass is 282 g/mol. The van der Waals surface area contributed by atoms with Crippen LogP contribution in [0.3, 0.4) is 0 Å². The van der Waals surface area contributed by atoms with Crippen LogP contribution in [0.2, 0.25) is 5.02 Å². The van der Waals surface area contributed by atoms with Gasteiger partial charge in [-0.3, -0.25) is 0 Å². The van der Waals surface area contributed by atoms with Crippen LogP contribution in [0.15, 0.2) is 30.6 Å². The number of hydrogen-bond acceptors (Lipinski definition) is 4. The van der Waals surface area contributed by atoms with Crippen LogP contribution in [-0.4, -0.2) is 15.0 Å². The molecule has 0 bridgehead atoms. The highest BCUT2D eigenvalue weighted by atomic mass is 35.5.